The lowest BCUT2D eigenvalue weighted by atomic mass is 9.92. The average Bonchev–Trinajstić information content (AvgIpc) is 2.68. The van der Waals surface area contributed by atoms with Gasteiger partial charge in [0.15, 0.2) is 0 Å². The van der Waals surface area contributed by atoms with E-state index in [2.05, 4.69) is 24.0 Å². The van der Waals surface area contributed by atoms with Gasteiger partial charge in [-0.2, -0.15) is 0 Å². The summed E-state index contributed by atoms with van der Waals surface area (Å²) in [5, 5.41) is 7.85. The maximum absolute atomic E-state index is 12.1. The number of carbonyl (C=O) groups is 1. The minimum atomic E-state index is -0.0385. The largest absolute Gasteiger partial charge is 0.334 e. The van der Waals surface area contributed by atoms with Crippen molar-refractivity contribution >= 4 is 28.8 Å². The summed E-state index contributed by atoms with van der Waals surface area (Å²) in [6.07, 6.45) is 2.24. The third-order valence-electron chi connectivity index (χ3n) is 3.22. The molecule has 0 radical (unpaired) electrons. The molecule has 1 aliphatic rings. The van der Waals surface area contributed by atoms with E-state index in [1.165, 1.54) is 6.42 Å². The fraction of sp³-hybridized carbons (Fsp3) is 0.700. The van der Waals surface area contributed by atoms with Crippen LogP contribution in [-0.2, 0) is 0 Å². The molecule has 16 heavy (non-hydrogen) atoms. The van der Waals surface area contributed by atoms with Crippen LogP contribution >= 0.6 is 22.9 Å². The Bertz CT molecular complexity index is 395. The molecule has 0 aliphatic carbocycles. The zero-order valence-electron chi connectivity index (χ0n) is 9.31. The predicted octanol–water partition coefficient (Wildman–Crippen LogP) is 2.45. The Morgan fingerprint density at radius 3 is 2.88 bits per heavy atom. The second kappa shape index (κ2) is 4.67. The number of halogens is 1. The SMILES string of the molecule is CC1CCCN(C(=O)c2nnc(Cl)s2)C1C. The number of hydrogen-bond donors (Lipinski definition) is 0. The quantitative estimate of drug-likeness (QED) is 0.778. The highest BCUT2D eigenvalue weighted by atomic mass is 35.5. The van der Waals surface area contributed by atoms with Crippen molar-refractivity contribution in [1.82, 2.24) is 15.1 Å². The molecule has 0 saturated carbocycles. The highest BCUT2D eigenvalue weighted by Crippen LogP contribution is 2.25. The standard InChI is InChI=1S/C10H14ClN3OS/c1-6-4-3-5-14(7(6)2)9(15)8-12-13-10(11)16-8/h6-7H,3-5H2,1-2H3. The Morgan fingerprint density at radius 2 is 2.25 bits per heavy atom. The van der Waals surface area contributed by atoms with E-state index >= 15 is 0 Å². The van der Waals surface area contributed by atoms with E-state index in [0.29, 0.717) is 15.4 Å². The molecule has 2 atom stereocenters. The van der Waals surface area contributed by atoms with Crippen molar-refractivity contribution in [1.29, 1.82) is 0 Å². The number of piperidine rings is 1. The Balaban J connectivity index is 2.15. The molecule has 2 heterocycles. The molecule has 1 saturated heterocycles. The van der Waals surface area contributed by atoms with Gasteiger partial charge in [-0.15, -0.1) is 10.2 Å². The van der Waals surface area contributed by atoms with E-state index in [0.717, 1.165) is 24.3 Å². The molecule has 1 amide bonds. The van der Waals surface area contributed by atoms with Gasteiger partial charge >= 0.3 is 0 Å². The van der Waals surface area contributed by atoms with Crippen LogP contribution in [0.5, 0.6) is 0 Å². The van der Waals surface area contributed by atoms with Crippen LogP contribution in [0, 0.1) is 5.92 Å². The Morgan fingerprint density at radius 1 is 1.50 bits per heavy atom. The number of hydrogen-bond acceptors (Lipinski definition) is 4. The van der Waals surface area contributed by atoms with Crippen molar-refractivity contribution in [2.45, 2.75) is 32.7 Å². The third-order valence-corrected chi connectivity index (χ3v) is 4.22. The van der Waals surface area contributed by atoms with Crippen molar-refractivity contribution in [3.63, 3.8) is 0 Å². The molecule has 4 nitrogen and oxygen atoms in total. The molecule has 6 heteroatoms. The number of carbonyl (C=O) groups excluding carboxylic acids is 1. The van der Waals surface area contributed by atoms with E-state index in [-0.39, 0.29) is 11.9 Å². The maximum atomic E-state index is 12.1. The van der Waals surface area contributed by atoms with Gasteiger partial charge in [0.1, 0.15) is 0 Å². The molecule has 2 rings (SSSR count). The van der Waals surface area contributed by atoms with Crippen molar-refractivity contribution in [2.24, 2.45) is 5.92 Å². The lowest BCUT2D eigenvalue weighted by Crippen LogP contribution is -2.46. The number of rotatable bonds is 1. The monoisotopic (exact) mass is 259 g/mol. The van der Waals surface area contributed by atoms with E-state index in [4.69, 9.17) is 11.6 Å². The molecule has 1 fully saturated rings. The molecule has 1 aromatic heterocycles. The summed E-state index contributed by atoms with van der Waals surface area (Å²) >= 11 is 6.83. The second-order valence-electron chi connectivity index (χ2n) is 4.22. The Kier molecular flexibility index (Phi) is 3.44. The van der Waals surface area contributed by atoms with Crippen LogP contribution in [0.2, 0.25) is 4.47 Å². The molecule has 0 bridgehead atoms. The first-order valence-corrected chi connectivity index (χ1v) is 6.59. The fourth-order valence-corrected chi connectivity index (χ4v) is 2.82. The maximum Gasteiger partial charge on any atom is 0.285 e. The number of nitrogens with zero attached hydrogens (tertiary/aromatic N) is 3. The van der Waals surface area contributed by atoms with Gasteiger partial charge in [-0.25, -0.2) is 0 Å². The lowest BCUT2D eigenvalue weighted by Gasteiger charge is -2.37. The van der Waals surface area contributed by atoms with Crippen molar-refractivity contribution in [2.75, 3.05) is 6.54 Å². The van der Waals surface area contributed by atoms with Crippen LogP contribution < -0.4 is 0 Å². The summed E-state index contributed by atoms with van der Waals surface area (Å²) in [6, 6.07) is 0.268. The summed E-state index contributed by atoms with van der Waals surface area (Å²) in [5.74, 6) is 0.504. The van der Waals surface area contributed by atoms with Crippen molar-refractivity contribution < 1.29 is 4.79 Å². The Labute approximate surface area is 104 Å². The number of aromatic nitrogens is 2. The smallest absolute Gasteiger partial charge is 0.285 e. The van der Waals surface area contributed by atoms with Gasteiger partial charge in [-0.05, 0) is 37.3 Å². The summed E-state index contributed by atoms with van der Waals surface area (Å²) in [4.78, 5) is 14.0. The van der Waals surface area contributed by atoms with Crippen LogP contribution in [0.4, 0.5) is 0 Å². The first-order chi connectivity index (χ1) is 7.59. The zero-order valence-corrected chi connectivity index (χ0v) is 10.9. The normalized spacial score (nSPS) is 25.8. The van der Waals surface area contributed by atoms with E-state index in [1.54, 1.807) is 0 Å². The minimum Gasteiger partial charge on any atom is -0.334 e. The zero-order chi connectivity index (χ0) is 11.7. The first-order valence-electron chi connectivity index (χ1n) is 5.39. The van der Waals surface area contributed by atoms with E-state index in [1.807, 2.05) is 4.90 Å². The number of amides is 1. The lowest BCUT2D eigenvalue weighted by molar-refractivity contribution is 0.0550. The topological polar surface area (TPSA) is 46.1 Å². The summed E-state index contributed by atoms with van der Waals surface area (Å²) in [7, 11) is 0. The summed E-state index contributed by atoms with van der Waals surface area (Å²) < 4.78 is 0.320. The summed E-state index contributed by atoms with van der Waals surface area (Å²) in [5.41, 5.74) is 0. The third kappa shape index (κ3) is 2.20. The second-order valence-corrected chi connectivity index (χ2v) is 5.78. The first kappa shape index (κ1) is 11.8. The van der Waals surface area contributed by atoms with Gasteiger partial charge in [0, 0.05) is 12.6 Å². The molecular formula is C10H14ClN3OS. The van der Waals surface area contributed by atoms with Crippen molar-refractivity contribution in [3.05, 3.63) is 9.47 Å². The molecule has 0 aromatic carbocycles. The molecule has 0 N–H and O–H groups in total. The Hall–Kier alpha value is -0.680. The van der Waals surface area contributed by atoms with Gasteiger partial charge < -0.3 is 4.90 Å². The van der Waals surface area contributed by atoms with Gasteiger partial charge in [-0.1, -0.05) is 18.3 Å². The highest BCUT2D eigenvalue weighted by Gasteiger charge is 2.30. The molecule has 88 valence electrons. The van der Waals surface area contributed by atoms with Crippen molar-refractivity contribution in [3.8, 4) is 0 Å². The van der Waals surface area contributed by atoms with Crippen LogP contribution in [0.15, 0.2) is 0 Å². The van der Waals surface area contributed by atoms with Gasteiger partial charge in [0.25, 0.3) is 5.91 Å². The molecule has 2 unspecified atom stereocenters. The molecular weight excluding hydrogens is 246 g/mol. The predicted molar refractivity (Wildman–Crippen MR) is 63.8 cm³/mol. The van der Waals surface area contributed by atoms with Gasteiger partial charge in [0.2, 0.25) is 9.47 Å². The summed E-state index contributed by atoms with van der Waals surface area (Å²) in [6.45, 7) is 5.07. The fourth-order valence-electron chi connectivity index (χ4n) is 2.04. The average molecular weight is 260 g/mol. The van der Waals surface area contributed by atoms with Gasteiger partial charge in [-0.3, -0.25) is 4.79 Å². The molecule has 1 aromatic rings. The van der Waals surface area contributed by atoms with Gasteiger partial charge in [0.05, 0.1) is 0 Å². The minimum absolute atomic E-state index is 0.0385. The van der Waals surface area contributed by atoms with Crippen LogP contribution in [0.3, 0.4) is 0 Å². The van der Waals surface area contributed by atoms with E-state index < -0.39 is 0 Å². The van der Waals surface area contributed by atoms with E-state index in [9.17, 15) is 4.79 Å². The van der Waals surface area contributed by atoms with Crippen LogP contribution in [0.1, 0.15) is 36.5 Å². The molecule has 1 aliphatic heterocycles. The highest BCUT2D eigenvalue weighted by molar-refractivity contribution is 7.17. The van der Waals surface area contributed by atoms with Crippen LogP contribution in [-0.4, -0.2) is 33.6 Å². The molecule has 0 spiro atoms. The van der Waals surface area contributed by atoms with Crippen LogP contribution in [0.25, 0.3) is 0 Å². The number of likely N-dealkylation sites (tertiary alicyclic amines) is 1.